The van der Waals surface area contributed by atoms with Crippen LogP contribution >= 0.6 is 0 Å². The van der Waals surface area contributed by atoms with Gasteiger partial charge in [-0.3, -0.25) is 0 Å². The summed E-state index contributed by atoms with van der Waals surface area (Å²) in [5.41, 5.74) is -0.135. The van der Waals surface area contributed by atoms with E-state index in [2.05, 4.69) is 0 Å². The summed E-state index contributed by atoms with van der Waals surface area (Å²) >= 11 is 0. The van der Waals surface area contributed by atoms with Gasteiger partial charge < -0.3 is 19.3 Å². The molecular formula is C12H22N2O3. The third-order valence-electron chi connectivity index (χ3n) is 3.46. The van der Waals surface area contributed by atoms with Crippen molar-refractivity contribution in [2.45, 2.75) is 31.5 Å². The Balaban J connectivity index is 1.85. The Bertz CT molecular complexity index is 285. The summed E-state index contributed by atoms with van der Waals surface area (Å²) in [4.78, 5) is 15.2. The number of nitrogens with zero attached hydrogens (tertiary/aromatic N) is 2. The number of urea groups is 1. The minimum absolute atomic E-state index is 0.0674. The summed E-state index contributed by atoms with van der Waals surface area (Å²) in [5, 5.41) is 0. The van der Waals surface area contributed by atoms with Crippen LogP contribution in [0.25, 0.3) is 0 Å². The Morgan fingerprint density at radius 3 is 2.82 bits per heavy atom. The minimum Gasteiger partial charge on any atom is -0.378 e. The second-order valence-electron chi connectivity index (χ2n) is 5.13. The van der Waals surface area contributed by atoms with Gasteiger partial charge in [0.1, 0.15) is 5.60 Å². The Kier molecular flexibility index (Phi) is 3.58. The number of amides is 2. The molecule has 5 nitrogen and oxygen atoms in total. The Labute approximate surface area is 103 Å². The molecule has 2 fully saturated rings. The molecule has 0 aromatic heterocycles. The van der Waals surface area contributed by atoms with E-state index in [1.165, 1.54) is 0 Å². The standard InChI is InChI=1S/C12H22N2O3/c1-4-16-10-5-6-17-12(7-10)8-14(9-12)11(15)13(2)3/h10H,4-9H2,1-3H3. The van der Waals surface area contributed by atoms with Gasteiger partial charge in [0.25, 0.3) is 0 Å². The molecule has 0 saturated carbocycles. The predicted molar refractivity (Wildman–Crippen MR) is 64.0 cm³/mol. The SMILES string of the molecule is CCOC1CCOC2(C1)CN(C(=O)N(C)C)C2. The van der Waals surface area contributed by atoms with Crippen molar-refractivity contribution in [2.24, 2.45) is 0 Å². The van der Waals surface area contributed by atoms with Crippen LogP contribution in [0.1, 0.15) is 19.8 Å². The van der Waals surface area contributed by atoms with Crippen molar-refractivity contribution in [3.8, 4) is 0 Å². The average Bonchev–Trinajstić information content (AvgIpc) is 2.25. The van der Waals surface area contributed by atoms with Crippen LogP contribution in [0.5, 0.6) is 0 Å². The number of rotatable bonds is 2. The molecule has 1 atom stereocenters. The third kappa shape index (κ3) is 2.55. The molecule has 2 rings (SSSR count). The molecule has 2 heterocycles. The van der Waals surface area contributed by atoms with Gasteiger partial charge in [0, 0.05) is 33.7 Å². The first kappa shape index (κ1) is 12.6. The maximum Gasteiger partial charge on any atom is 0.319 e. The van der Waals surface area contributed by atoms with E-state index >= 15 is 0 Å². The van der Waals surface area contributed by atoms with Gasteiger partial charge in [0.2, 0.25) is 0 Å². The van der Waals surface area contributed by atoms with Crippen molar-refractivity contribution >= 4 is 6.03 Å². The van der Waals surface area contributed by atoms with E-state index in [1.807, 2.05) is 11.8 Å². The number of hydrogen-bond donors (Lipinski definition) is 0. The topological polar surface area (TPSA) is 42.0 Å². The second kappa shape index (κ2) is 4.82. The Morgan fingerprint density at radius 1 is 1.53 bits per heavy atom. The van der Waals surface area contributed by atoms with Crippen molar-refractivity contribution in [2.75, 3.05) is 40.4 Å². The van der Waals surface area contributed by atoms with E-state index in [1.54, 1.807) is 19.0 Å². The van der Waals surface area contributed by atoms with E-state index in [0.717, 1.165) is 26.1 Å². The first-order valence-electron chi connectivity index (χ1n) is 6.28. The van der Waals surface area contributed by atoms with Gasteiger partial charge in [0.05, 0.1) is 19.2 Å². The quantitative estimate of drug-likeness (QED) is 0.723. The van der Waals surface area contributed by atoms with Crippen molar-refractivity contribution in [1.82, 2.24) is 9.80 Å². The highest BCUT2D eigenvalue weighted by Gasteiger charge is 2.49. The number of hydrogen-bond acceptors (Lipinski definition) is 3. The van der Waals surface area contributed by atoms with Crippen LogP contribution in [0, 0.1) is 0 Å². The van der Waals surface area contributed by atoms with Crippen LogP contribution in [0.15, 0.2) is 0 Å². The molecule has 0 aliphatic carbocycles. The van der Waals surface area contributed by atoms with Crippen molar-refractivity contribution in [3.63, 3.8) is 0 Å². The lowest BCUT2D eigenvalue weighted by atomic mass is 9.85. The number of ether oxygens (including phenoxy) is 2. The normalized spacial score (nSPS) is 26.8. The fourth-order valence-corrected chi connectivity index (χ4v) is 2.65. The Hall–Kier alpha value is -0.810. The van der Waals surface area contributed by atoms with Crippen LogP contribution in [0.4, 0.5) is 4.79 Å². The van der Waals surface area contributed by atoms with Crippen LogP contribution in [0.3, 0.4) is 0 Å². The molecule has 0 aromatic carbocycles. The molecule has 1 spiro atoms. The molecule has 2 aliphatic rings. The predicted octanol–water partition coefficient (Wildman–Crippen LogP) is 0.938. The number of carbonyl (C=O) groups is 1. The average molecular weight is 242 g/mol. The van der Waals surface area contributed by atoms with Crippen LogP contribution in [-0.2, 0) is 9.47 Å². The van der Waals surface area contributed by atoms with Crippen molar-refractivity contribution in [3.05, 3.63) is 0 Å². The van der Waals surface area contributed by atoms with Gasteiger partial charge in [-0.15, -0.1) is 0 Å². The van der Waals surface area contributed by atoms with Gasteiger partial charge in [-0.05, 0) is 13.3 Å². The van der Waals surface area contributed by atoms with E-state index in [4.69, 9.17) is 9.47 Å². The molecule has 0 radical (unpaired) electrons. The van der Waals surface area contributed by atoms with Gasteiger partial charge >= 0.3 is 6.03 Å². The fourth-order valence-electron chi connectivity index (χ4n) is 2.65. The number of likely N-dealkylation sites (tertiary alicyclic amines) is 1. The fraction of sp³-hybridized carbons (Fsp3) is 0.917. The molecule has 0 bridgehead atoms. The van der Waals surface area contributed by atoms with Crippen LogP contribution < -0.4 is 0 Å². The van der Waals surface area contributed by atoms with E-state index in [-0.39, 0.29) is 11.6 Å². The summed E-state index contributed by atoms with van der Waals surface area (Å²) in [6, 6.07) is 0.0674. The summed E-state index contributed by atoms with van der Waals surface area (Å²) in [6.45, 7) is 4.92. The molecule has 17 heavy (non-hydrogen) atoms. The number of carbonyl (C=O) groups excluding carboxylic acids is 1. The second-order valence-corrected chi connectivity index (χ2v) is 5.13. The maximum atomic E-state index is 11.7. The molecule has 1 unspecified atom stereocenters. The molecule has 2 saturated heterocycles. The zero-order chi connectivity index (χ0) is 12.5. The maximum absolute atomic E-state index is 11.7. The van der Waals surface area contributed by atoms with E-state index in [9.17, 15) is 4.79 Å². The molecule has 2 amide bonds. The van der Waals surface area contributed by atoms with Crippen molar-refractivity contribution < 1.29 is 14.3 Å². The highest BCUT2D eigenvalue weighted by Crippen LogP contribution is 2.35. The van der Waals surface area contributed by atoms with E-state index in [0.29, 0.717) is 19.2 Å². The lowest BCUT2D eigenvalue weighted by Crippen LogP contribution is -2.68. The zero-order valence-corrected chi connectivity index (χ0v) is 10.9. The van der Waals surface area contributed by atoms with Gasteiger partial charge in [0.15, 0.2) is 0 Å². The van der Waals surface area contributed by atoms with E-state index < -0.39 is 0 Å². The molecule has 2 aliphatic heterocycles. The summed E-state index contributed by atoms with van der Waals surface area (Å²) in [5.74, 6) is 0. The molecule has 98 valence electrons. The molecule has 5 heteroatoms. The first-order valence-corrected chi connectivity index (χ1v) is 6.28. The minimum atomic E-state index is -0.135. The summed E-state index contributed by atoms with van der Waals surface area (Å²) in [6.07, 6.45) is 2.18. The monoisotopic (exact) mass is 242 g/mol. The Morgan fingerprint density at radius 2 is 2.24 bits per heavy atom. The van der Waals surface area contributed by atoms with Crippen LogP contribution in [0.2, 0.25) is 0 Å². The third-order valence-corrected chi connectivity index (χ3v) is 3.46. The molecular weight excluding hydrogens is 220 g/mol. The first-order chi connectivity index (χ1) is 8.06. The largest absolute Gasteiger partial charge is 0.378 e. The van der Waals surface area contributed by atoms with Gasteiger partial charge in [-0.1, -0.05) is 0 Å². The molecule has 0 N–H and O–H groups in total. The van der Waals surface area contributed by atoms with Crippen molar-refractivity contribution in [1.29, 1.82) is 0 Å². The highest BCUT2D eigenvalue weighted by atomic mass is 16.5. The zero-order valence-electron chi connectivity index (χ0n) is 10.9. The summed E-state index contributed by atoms with van der Waals surface area (Å²) in [7, 11) is 3.55. The van der Waals surface area contributed by atoms with Crippen LogP contribution in [-0.4, -0.2) is 67.9 Å². The van der Waals surface area contributed by atoms with Gasteiger partial charge in [-0.2, -0.15) is 0 Å². The summed E-state index contributed by atoms with van der Waals surface area (Å²) < 4.78 is 11.5. The van der Waals surface area contributed by atoms with Gasteiger partial charge in [-0.25, -0.2) is 4.79 Å². The lowest BCUT2D eigenvalue weighted by Gasteiger charge is -2.53. The molecule has 0 aromatic rings. The lowest BCUT2D eigenvalue weighted by molar-refractivity contribution is -0.185. The highest BCUT2D eigenvalue weighted by molar-refractivity contribution is 5.75. The smallest absolute Gasteiger partial charge is 0.319 e.